The Morgan fingerprint density at radius 3 is 2.65 bits per heavy atom. The van der Waals surface area contributed by atoms with Crippen LogP contribution < -0.4 is 4.90 Å². The highest BCUT2D eigenvalue weighted by Gasteiger charge is 2.50. The van der Waals surface area contributed by atoms with Crippen molar-refractivity contribution in [1.82, 2.24) is 4.98 Å². The van der Waals surface area contributed by atoms with Crippen molar-refractivity contribution in [2.45, 2.75) is 19.3 Å². The number of carbonyl (C=O) groups is 2. The molecule has 1 aromatic heterocycles. The van der Waals surface area contributed by atoms with E-state index >= 15 is 0 Å². The van der Waals surface area contributed by atoms with Crippen LogP contribution in [0, 0.1) is 23.7 Å². The number of anilines is 1. The highest BCUT2D eigenvalue weighted by atomic mass is 16.2. The van der Waals surface area contributed by atoms with Crippen LogP contribution in [0.5, 0.6) is 0 Å². The van der Waals surface area contributed by atoms with E-state index in [-0.39, 0.29) is 30.3 Å². The molecule has 1 aliphatic heterocycles. The molecule has 0 bridgehead atoms. The van der Waals surface area contributed by atoms with Crippen molar-refractivity contribution in [3.63, 3.8) is 0 Å². The first kappa shape index (κ1) is 12.8. The number of aromatic nitrogens is 1. The van der Waals surface area contributed by atoms with Gasteiger partial charge in [-0.25, -0.2) is 9.88 Å². The summed E-state index contributed by atoms with van der Waals surface area (Å²) in [5.41, 5.74) is 0.627. The van der Waals surface area contributed by atoms with E-state index in [4.69, 9.17) is 5.11 Å². The van der Waals surface area contributed by atoms with Crippen LogP contribution in [-0.2, 0) is 9.59 Å². The zero-order chi connectivity index (χ0) is 14.1. The van der Waals surface area contributed by atoms with Crippen LogP contribution in [0.1, 0.15) is 24.8 Å². The predicted octanol–water partition coefficient (Wildman–Crippen LogP) is 0.715. The summed E-state index contributed by atoms with van der Waals surface area (Å²) in [6.45, 7) is -0.233. The third-order valence-corrected chi connectivity index (χ3v) is 3.88. The Labute approximate surface area is 116 Å². The third-order valence-electron chi connectivity index (χ3n) is 3.88. The van der Waals surface area contributed by atoms with Crippen molar-refractivity contribution in [2.75, 3.05) is 11.5 Å². The molecule has 3 rings (SSSR count). The fourth-order valence-electron chi connectivity index (χ4n) is 2.98. The zero-order valence-corrected chi connectivity index (χ0v) is 10.9. The van der Waals surface area contributed by atoms with Gasteiger partial charge in [-0.2, -0.15) is 0 Å². The molecule has 0 spiro atoms. The van der Waals surface area contributed by atoms with E-state index in [2.05, 4.69) is 16.8 Å². The van der Waals surface area contributed by atoms with Gasteiger partial charge in [0.25, 0.3) is 0 Å². The van der Waals surface area contributed by atoms with Crippen molar-refractivity contribution >= 4 is 17.6 Å². The highest BCUT2D eigenvalue weighted by molar-refractivity contribution is 6.21. The number of nitrogens with zero attached hydrogens (tertiary/aromatic N) is 2. The number of fused-ring (bicyclic) bond motifs is 1. The lowest BCUT2D eigenvalue weighted by atomic mass is 10.00. The quantitative estimate of drug-likeness (QED) is 0.603. The largest absolute Gasteiger partial charge is 0.384 e. The van der Waals surface area contributed by atoms with Crippen molar-refractivity contribution < 1.29 is 14.7 Å². The molecule has 102 valence electrons. The van der Waals surface area contributed by atoms with Gasteiger partial charge in [0, 0.05) is 11.8 Å². The van der Waals surface area contributed by atoms with Crippen molar-refractivity contribution in [2.24, 2.45) is 11.8 Å². The molecular weight excluding hydrogens is 256 g/mol. The third kappa shape index (κ3) is 1.98. The van der Waals surface area contributed by atoms with E-state index < -0.39 is 0 Å². The SMILES string of the molecule is O=C1C2CCCC2C(=O)N1c1cc(C#CCO)ccn1. The van der Waals surface area contributed by atoms with E-state index in [1.807, 2.05) is 0 Å². The van der Waals surface area contributed by atoms with E-state index in [0.717, 1.165) is 19.3 Å². The Morgan fingerprint density at radius 2 is 2.00 bits per heavy atom. The fourth-order valence-corrected chi connectivity index (χ4v) is 2.98. The minimum Gasteiger partial charge on any atom is -0.384 e. The van der Waals surface area contributed by atoms with E-state index in [1.54, 1.807) is 12.1 Å². The number of rotatable bonds is 1. The molecule has 2 heterocycles. The van der Waals surface area contributed by atoms with Crippen LogP contribution in [0.4, 0.5) is 5.82 Å². The summed E-state index contributed by atoms with van der Waals surface area (Å²) in [5, 5.41) is 8.69. The fraction of sp³-hybridized carbons (Fsp3) is 0.400. The van der Waals surface area contributed by atoms with Crippen molar-refractivity contribution in [3.05, 3.63) is 23.9 Å². The van der Waals surface area contributed by atoms with Gasteiger partial charge in [-0.05, 0) is 25.0 Å². The minimum absolute atomic E-state index is 0.141. The topological polar surface area (TPSA) is 70.5 Å². The smallest absolute Gasteiger partial charge is 0.238 e. The molecule has 2 aliphatic rings. The Bertz CT molecular complexity index is 607. The zero-order valence-electron chi connectivity index (χ0n) is 10.9. The second kappa shape index (κ2) is 5.06. The summed E-state index contributed by atoms with van der Waals surface area (Å²) >= 11 is 0. The van der Waals surface area contributed by atoms with Gasteiger partial charge < -0.3 is 5.11 Å². The number of hydrogen-bond donors (Lipinski definition) is 1. The maximum atomic E-state index is 12.3. The normalized spacial score (nSPS) is 24.6. The molecule has 2 fully saturated rings. The van der Waals surface area contributed by atoms with E-state index in [1.165, 1.54) is 11.1 Å². The molecule has 20 heavy (non-hydrogen) atoms. The van der Waals surface area contributed by atoms with Crippen LogP contribution in [0.3, 0.4) is 0 Å². The van der Waals surface area contributed by atoms with Crippen LogP contribution >= 0.6 is 0 Å². The number of hydrogen-bond acceptors (Lipinski definition) is 4. The maximum Gasteiger partial charge on any atom is 0.238 e. The van der Waals surface area contributed by atoms with Gasteiger partial charge in [0.05, 0.1) is 11.8 Å². The second-order valence-corrected chi connectivity index (χ2v) is 5.02. The average molecular weight is 270 g/mol. The van der Waals surface area contributed by atoms with Crippen LogP contribution in [0.25, 0.3) is 0 Å². The molecule has 5 heteroatoms. The average Bonchev–Trinajstić information content (AvgIpc) is 3.02. The molecule has 2 atom stereocenters. The lowest BCUT2D eigenvalue weighted by molar-refractivity contribution is -0.122. The molecule has 0 radical (unpaired) electrons. The summed E-state index contributed by atoms with van der Waals surface area (Å²) in [7, 11) is 0. The van der Waals surface area contributed by atoms with Gasteiger partial charge in [-0.15, -0.1) is 0 Å². The molecule has 1 aromatic rings. The Morgan fingerprint density at radius 1 is 1.30 bits per heavy atom. The van der Waals surface area contributed by atoms with Crippen LogP contribution in [0.15, 0.2) is 18.3 Å². The first-order valence-corrected chi connectivity index (χ1v) is 6.66. The monoisotopic (exact) mass is 270 g/mol. The first-order valence-electron chi connectivity index (χ1n) is 6.66. The summed E-state index contributed by atoms with van der Waals surface area (Å²) < 4.78 is 0. The van der Waals surface area contributed by atoms with Gasteiger partial charge in [0.15, 0.2) is 0 Å². The molecular formula is C15H14N2O3. The molecule has 1 saturated heterocycles. The van der Waals surface area contributed by atoms with Gasteiger partial charge in [-0.1, -0.05) is 18.3 Å². The molecule has 1 N–H and O–H groups in total. The van der Waals surface area contributed by atoms with Gasteiger partial charge in [0.1, 0.15) is 12.4 Å². The van der Waals surface area contributed by atoms with Crippen LogP contribution in [0.2, 0.25) is 0 Å². The lowest BCUT2D eigenvalue weighted by Gasteiger charge is -2.14. The molecule has 2 amide bonds. The van der Waals surface area contributed by atoms with Crippen molar-refractivity contribution in [3.8, 4) is 11.8 Å². The summed E-state index contributed by atoms with van der Waals surface area (Å²) in [6.07, 6.45) is 4.03. The van der Waals surface area contributed by atoms with E-state index in [0.29, 0.717) is 11.4 Å². The maximum absolute atomic E-state index is 12.3. The Balaban J connectivity index is 1.93. The molecule has 0 aromatic carbocycles. The predicted molar refractivity (Wildman–Crippen MR) is 71.5 cm³/mol. The van der Waals surface area contributed by atoms with Gasteiger partial charge >= 0.3 is 0 Å². The second-order valence-electron chi connectivity index (χ2n) is 5.02. The van der Waals surface area contributed by atoms with Gasteiger partial charge in [0.2, 0.25) is 11.8 Å². The summed E-state index contributed by atoms with van der Waals surface area (Å²) in [5.74, 6) is 4.99. The van der Waals surface area contributed by atoms with Gasteiger partial charge in [-0.3, -0.25) is 9.59 Å². The number of carbonyl (C=O) groups excluding carboxylic acids is 2. The highest BCUT2D eigenvalue weighted by Crippen LogP contribution is 2.41. The minimum atomic E-state index is -0.233. The lowest BCUT2D eigenvalue weighted by Crippen LogP contribution is -2.32. The molecule has 2 unspecified atom stereocenters. The standard InChI is InChI=1S/C15H14N2O3/c18-8-2-3-10-6-7-16-13(9-10)17-14(19)11-4-1-5-12(11)15(17)20/h6-7,9,11-12,18H,1,4-5,8H2. The number of imide groups is 1. The first-order chi connectivity index (χ1) is 9.72. The van der Waals surface area contributed by atoms with Crippen LogP contribution in [-0.4, -0.2) is 28.5 Å². The number of aliphatic hydroxyl groups is 1. The number of aliphatic hydroxyl groups excluding tert-OH is 1. The summed E-state index contributed by atoms with van der Waals surface area (Å²) in [6, 6.07) is 3.29. The molecule has 1 saturated carbocycles. The summed E-state index contributed by atoms with van der Waals surface area (Å²) in [4.78, 5) is 29.9. The Hall–Kier alpha value is -2.19. The molecule has 1 aliphatic carbocycles. The number of amides is 2. The van der Waals surface area contributed by atoms with Crippen molar-refractivity contribution in [1.29, 1.82) is 0 Å². The van der Waals surface area contributed by atoms with E-state index in [9.17, 15) is 9.59 Å². The number of pyridine rings is 1. The molecule has 5 nitrogen and oxygen atoms in total. The Kier molecular flexibility index (Phi) is 3.25.